The highest BCUT2D eigenvalue weighted by Crippen LogP contribution is 2.31. The zero-order chi connectivity index (χ0) is 17.9. The highest BCUT2D eigenvalue weighted by Gasteiger charge is 2.28. The van der Waals surface area contributed by atoms with Crippen LogP contribution in [0.1, 0.15) is 18.5 Å². The minimum absolute atomic E-state index is 0.139. The van der Waals surface area contributed by atoms with E-state index in [1.807, 2.05) is 60.2 Å². The molecule has 1 aliphatic heterocycles. The summed E-state index contributed by atoms with van der Waals surface area (Å²) in [5.74, 6) is 1.07. The van der Waals surface area contributed by atoms with E-state index in [1.165, 1.54) is 0 Å². The zero-order valence-corrected chi connectivity index (χ0v) is 14.3. The Morgan fingerprint density at radius 3 is 2.69 bits per heavy atom. The van der Waals surface area contributed by atoms with Crippen molar-refractivity contribution < 1.29 is 14.3 Å². The van der Waals surface area contributed by atoms with Crippen LogP contribution in [0.25, 0.3) is 5.69 Å². The predicted octanol–water partition coefficient (Wildman–Crippen LogP) is 2.89. The number of amides is 1. The lowest BCUT2D eigenvalue weighted by Gasteiger charge is -2.26. The van der Waals surface area contributed by atoms with E-state index >= 15 is 0 Å². The van der Waals surface area contributed by atoms with Crippen molar-refractivity contribution in [1.29, 1.82) is 0 Å². The number of hydrogen-bond donors (Lipinski definition) is 1. The monoisotopic (exact) mass is 349 g/mol. The molecule has 0 spiro atoms. The molecule has 1 aliphatic rings. The molecule has 2 aromatic carbocycles. The zero-order valence-electron chi connectivity index (χ0n) is 14.3. The summed E-state index contributed by atoms with van der Waals surface area (Å²) in [6, 6.07) is 15.2. The van der Waals surface area contributed by atoms with Crippen LogP contribution in [0.15, 0.2) is 67.3 Å². The first kappa shape index (κ1) is 16.2. The van der Waals surface area contributed by atoms with Crippen LogP contribution in [0, 0.1) is 0 Å². The second kappa shape index (κ2) is 6.92. The van der Waals surface area contributed by atoms with Gasteiger partial charge in [0, 0.05) is 18.1 Å². The summed E-state index contributed by atoms with van der Waals surface area (Å²) < 4.78 is 13.3. The molecule has 0 unspecified atom stereocenters. The first-order valence-corrected chi connectivity index (χ1v) is 8.48. The Morgan fingerprint density at radius 1 is 1.19 bits per heavy atom. The molecule has 26 heavy (non-hydrogen) atoms. The molecule has 0 fully saturated rings. The van der Waals surface area contributed by atoms with Crippen molar-refractivity contribution in [2.75, 3.05) is 6.61 Å². The molecule has 0 saturated heterocycles. The summed E-state index contributed by atoms with van der Waals surface area (Å²) in [7, 11) is 0. The van der Waals surface area contributed by atoms with Gasteiger partial charge in [-0.05, 0) is 36.8 Å². The predicted molar refractivity (Wildman–Crippen MR) is 96.5 cm³/mol. The maximum Gasteiger partial charge on any atom is 0.265 e. The third-order valence-corrected chi connectivity index (χ3v) is 4.36. The van der Waals surface area contributed by atoms with E-state index in [9.17, 15) is 4.79 Å². The van der Waals surface area contributed by atoms with Crippen LogP contribution in [0.3, 0.4) is 0 Å². The third kappa shape index (κ3) is 3.26. The van der Waals surface area contributed by atoms with E-state index < -0.39 is 6.10 Å². The summed E-state index contributed by atoms with van der Waals surface area (Å²) in [6.07, 6.45) is 4.72. The van der Waals surface area contributed by atoms with E-state index in [2.05, 4.69) is 10.3 Å². The maximum absolute atomic E-state index is 12.5. The van der Waals surface area contributed by atoms with Gasteiger partial charge in [0.2, 0.25) is 6.10 Å². The number of nitrogens with zero attached hydrogens (tertiary/aromatic N) is 2. The van der Waals surface area contributed by atoms with Gasteiger partial charge < -0.3 is 19.4 Å². The molecule has 6 heteroatoms. The Bertz CT molecular complexity index is 891. The number of carbonyl (C=O) groups is 1. The van der Waals surface area contributed by atoms with Crippen molar-refractivity contribution >= 4 is 5.91 Å². The Kier molecular flexibility index (Phi) is 4.31. The quantitative estimate of drug-likeness (QED) is 0.787. The Morgan fingerprint density at radius 2 is 1.96 bits per heavy atom. The number of rotatable bonds is 4. The molecule has 1 N–H and O–H groups in total. The summed E-state index contributed by atoms with van der Waals surface area (Å²) in [4.78, 5) is 16.6. The largest absolute Gasteiger partial charge is 0.485 e. The molecule has 3 aromatic rings. The molecule has 0 bridgehead atoms. The number of aromatic nitrogens is 2. The van der Waals surface area contributed by atoms with Crippen molar-refractivity contribution in [3.8, 4) is 17.2 Å². The Balaban J connectivity index is 1.40. The molecule has 0 aliphatic carbocycles. The van der Waals surface area contributed by atoms with E-state index in [0.29, 0.717) is 11.5 Å². The molecule has 0 radical (unpaired) electrons. The number of ether oxygens (including phenoxy) is 2. The van der Waals surface area contributed by atoms with Crippen LogP contribution in [-0.2, 0) is 4.79 Å². The molecule has 2 heterocycles. The normalized spacial score (nSPS) is 16.7. The van der Waals surface area contributed by atoms with Crippen molar-refractivity contribution in [2.45, 2.75) is 19.1 Å². The Hall–Kier alpha value is -3.28. The second-order valence-electron chi connectivity index (χ2n) is 6.16. The lowest BCUT2D eigenvalue weighted by molar-refractivity contribution is -0.131. The highest BCUT2D eigenvalue weighted by molar-refractivity contribution is 5.82. The molecule has 132 valence electrons. The lowest BCUT2D eigenvalue weighted by atomic mass is 10.1. The maximum atomic E-state index is 12.5. The molecule has 2 atom stereocenters. The van der Waals surface area contributed by atoms with Crippen molar-refractivity contribution in [3.63, 3.8) is 0 Å². The highest BCUT2D eigenvalue weighted by atomic mass is 16.6. The number of hydrogen-bond acceptors (Lipinski definition) is 4. The summed E-state index contributed by atoms with van der Waals surface area (Å²) >= 11 is 0. The number of nitrogens with one attached hydrogen (secondary N) is 1. The van der Waals surface area contributed by atoms with Gasteiger partial charge in [-0.3, -0.25) is 4.79 Å². The van der Waals surface area contributed by atoms with Gasteiger partial charge in [0.1, 0.15) is 6.61 Å². The molecule has 1 amide bonds. The lowest BCUT2D eigenvalue weighted by Crippen LogP contribution is -2.44. The first-order valence-electron chi connectivity index (χ1n) is 8.48. The van der Waals surface area contributed by atoms with Gasteiger partial charge in [-0.25, -0.2) is 4.98 Å². The van der Waals surface area contributed by atoms with Gasteiger partial charge in [0.15, 0.2) is 11.5 Å². The summed E-state index contributed by atoms with van der Waals surface area (Å²) in [6.45, 7) is 2.15. The van der Waals surface area contributed by atoms with Crippen molar-refractivity contribution in [3.05, 3.63) is 72.8 Å². The van der Waals surface area contributed by atoms with Crippen LogP contribution in [0.2, 0.25) is 0 Å². The topological polar surface area (TPSA) is 65.4 Å². The average molecular weight is 349 g/mol. The minimum atomic E-state index is -0.655. The minimum Gasteiger partial charge on any atom is -0.485 e. The van der Waals surface area contributed by atoms with Gasteiger partial charge in [-0.1, -0.05) is 24.3 Å². The van der Waals surface area contributed by atoms with Gasteiger partial charge in [0.25, 0.3) is 5.91 Å². The number of para-hydroxylation sites is 2. The molecule has 4 rings (SSSR count). The molecular weight excluding hydrogens is 330 g/mol. The fourth-order valence-corrected chi connectivity index (χ4v) is 2.89. The SMILES string of the molecule is C[C@@H](NC(=O)[C@@H]1COc2ccccc2O1)c1ccc(-n2ccnc2)cc1. The molecular formula is C20H19N3O3. The molecule has 6 nitrogen and oxygen atoms in total. The van der Waals surface area contributed by atoms with Crippen LogP contribution >= 0.6 is 0 Å². The Labute approximate surface area is 151 Å². The average Bonchev–Trinajstić information content (AvgIpc) is 3.22. The molecule has 1 aromatic heterocycles. The fourth-order valence-electron chi connectivity index (χ4n) is 2.89. The third-order valence-electron chi connectivity index (χ3n) is 4.36. The number of imidazole rings is 1. The van der Waals surface area contributed by atoms with Crippen molar-refractivity contribution in [1.82, 2.24) is 14.9 Å². The van der Waals surface area contributed by atoms with E-state index in [1.54, 1.807) is 18.6 Å². The van der Waals surface area contributed by atoms with E-state index in [4.69, 9.17) is 9.47 Å². The second-order valence-corrected chi connectivity index (χ2v) is 6.16. The van der Waals surface area contributed by atoms with Gasteiger partial charge in [0.05, 0.1) is 12.4 Å². The van der Waals surface area contributed by atoms with Gasteiger partial charge in [-0.2, -0.15) is 0 Å². The standard InChI is InChI=1S/C20H19N3O3/c1-14(15-6-8-16(9-7-15)23-11-10-21-13-23)22-20(24)19-12-25-17-4-2-3-5-18(17)26-19/h2-11,13-14,19H,12H2,1H3,(H,22,24)/t14-,19+/m1/s1. The van der Waals surface area contributed by atoms with Crippen LogP contribution < -0.4 is 14.8 Å². The van der Waals surface area contributed by atoms with Gasteiger partial charge >= 0.3 is 0 Å². The van der Waals surface area contributed by atoms with Crippen LogP contribution in [-0.4, -0.2) is 28.2 Å². The summed E-state index contributed by atoms with van der Waals surface area (Å²) in [5.41, 5.74) is 2.03. The fraction of sp³-hybridized carbons (Fsp3) is 0.200. The first-order chi connectivity index (χ1) is 12.7. The van der Waals surface area contributed by atoms with E-state index in [-0.39, 0.29) is 18.6 Å². The number of carbonyl (C=O) groups excluding carboxylic acids is 1. The van der Waals surface area contributed by atoms with Gasteiger partial charge in [-0.15, -0.1) is 0 Å². The molecule has 0 saturated carbocycles. The van der Waals surface area contributed by atoms with Crippen molar-refractivity contribution in [2.24, 2.45) is 0 Å². The smallest absolute Gasteiger partial charge is 0.265 e. The van der Waals surface area contributed by atoms with E-state index in [0.717, 1.165) is 11.3 Å². The summed E-state index contributed by atoms with van der Waals surface area (Å²) in [5, 5.41) is 2.99. The van der Waals surface area contributed by atoms with Crippen LogP contribution in [0.4, 0.5) is 0 Å². The number of fused-ring (bicyclic) bond motifs is 1. The number of benzene rings is 2. The van der Waals surface area contributed by atoms with Crippen LogP contribution in [0.5, 0.6) is 11.5 Å².